The number of fused-ring (bicyclic) bond motifs is 3. The molecule has 142 valence electrons. The van der Waals surface area contributed by atoms with E-state index in [0.29, 0.717) is 29.8 Å². The lowest BCUT2D eigenvalue weighted by molar-refractivity contribution is -0.0533. The molecule has 0 aromatic carbocycles. The van der Waals surface area contributed by atoms with Gasteiger partial charge in [0.25, 0.3) is 0 Å². The molecule has 7 heteroatoms. The zero-order valence-corrected chi connectivity index (χ0v) is 15.6. The summed E-state index contributed by atoms with van der Waals surface area (Å²) < 4.78 is 7.36. The fraction of sp³-hybridized carbons (Fsp3) is 0.381. The van der Waals surface area contributed by atoms with E-state index in [-0.39, 0.29) is 6.10 Å². The van der Waals surface area contributed by atoms with Crippen LogP contribution in [0.3, 0.4) is 0 Å². The molecule has 3 fully saturated rings. The van der Waals surface area contributed by atoms with Crippen molar-refractivity contribution in [3.05, 3.63) is 42.4 Å². The Morgan fingerprint density at radius 3 is 2.75 bits per heavy atom. The summed E-state index contributed by atoms with van der Waals surface area (Å²) in [4.78, 5) is 6.92. The average Bonchev–Trinajstić information content (AvgIpc) is 3.16. The zero-order valence-electron chi connectivity index (χ0n) is 15.6. The van der Waals surface area contributed by atoms with Crippen LogP contribution in [0.5, 0.6) is 5.75 Å². The Balaban J connectivity index is 1.51. The number of aromatic nitrogens is 3. The van der Waals surface area contributed by atoms with Crippen LogP contribution < -0.4 is 9.64 Å². The minimum absolute atomic E-state index is 0.142. The van der Waals surface area contributed by atoms with E-state index in [0.717, 1.165) is 42.0 Å². The molecule has 28 heavy (non-hydrogen) atoms. The molecule has 2 unspecified atom stereocenters. The van der Waals surface area contributed by atoms with Crippen LogP contribution in [0.15, 0.2) is 36.8 Å². The Hall–Kier alpha value is -3.11. The number of nitrogens with zero attached hydrogens (tertiary/aromatic N) is 5. The standard InChI is InChI=1S/C21H21N5O2/c1-2-28-17-6-18(20-16(7-22)9-24-26(20)12-17)13-3-4-19(23-8-13)25-10-14-5-15(11-25)21(14)27/h3-4,6,8-9,12,14-15,21,27H,2,5,10-11H2,1H3. The van der Waals surface area contributed by atoms with Crippen molar-refractivity contribution in [2.75, 3.05) is 24.6 Å². The van der Waals surface area contributed by atoms with Gasteiger partial charge in [0, 0.05) is 42.2 Å². The van der Waals surface area contributed by atoms with E-state index in [4.69, 9.17) is 4.74 Å². The molecule has 2 aliphatic heterocycles. The first-order valence-corrected chi connectivity index (χ1v) is 9.61. The normalized spacial score (nSPS) is 23.3. The molecule has 2 saturated heterocycles. The first kappa shape index (κ1) is 17.0. The highest BCUT2D eigenvalue weighted by Gasteiger charge is 2.45. The molecular weight excluding hydrogens is 354 g/mol. The lowest BCUT2D eigenvalue weighted by atomic mass is 9.68. The molecule has 1 saturated carbocycles. The molecule has 3 aromatic heterocycles. The van der Waals surface area contributed by atoms with E-state index < -0.39 is 0 Å². The SMILES string of the molecule is CCOc1cc(-c2ccc(N3CC4CC(C3)C4O)nc2)c2c(C#N)cnn2c1. The van der Waals surface area contributed by atoms with Gasteiger partial charge in [-0.25, -0.2) is 9.50 Å². The van der Waals surface area contributed by atoms with Crippen LogP contribution in [-0.4, -0.2) is 45.5 Å². The van der Waals surface area contributed by atoms with Crippen molar-refractivity contribution in [3.63, 3.8) is 0 Å². The lowest BCUT2D eigenvalue weighted by Crippen LogP contribution is -2.58. The molecule has 1 aliphatic carbocycles. The minimum Gasteiger partial charge on any atom is -0.492 e. The Morgan fingerprint density at radius 2 is 2.11 bits per heavy atom. The van der Waals surface area contributed by atoms with Crippen molar-refractivity contribution in [2.24, 2.45) is 11.8 Å². The molecule has 5 heterocycles. The fourth-order valence-electron chi connectivity index (χ4n) is 4.43. The molecule has 0 spiro atoms. The monoisotopic (exact) mass is 375 g/mol. The number of ether oxygens (including phenoxy) is 1. The summed E-state index contributed by atoms with van der Waals surface area (Å²) in [5.74, 6) is 2.36. The highest BCUT2D eigenvalue weighted by molar-refractivity contribution is 5.85. The number of rotatable bonds is 4. The fourth-order valence-corrected chi connectivity index (χ4v) is 4.43. The molecular formula is C21H21N5O2. The molecule has 0 amide bonds. The Kier molecular flexibility index (Phi) is 3.95. The van der Waals surface area contributed by atoms with Gasteiger partial charge in [-0.2, -0.15) is 10.4 Å². The van der Waals surface area contributed by atoms with E-state index in [1.54, 1.807) is 16.9 Å². The number of aliphatic hydroxyl groups is 1. The van der Waals surface area contributed by atoms with E-state index in [2.05, 4.69) is 21.1 Å². The molecule has 0 radical (unpaired) electrons. The molecule has 1 N–H and O–H groups in total. The van der Waals surface area contributed by atoms with E-state index in [9.17, 15) is 10.4 Å². The maximum Gasteiger partial charge on any atom is 0.138 e. The van der Waals surface area contributed by atoms with Gasteiger partial charge in [0.05, 0.1) is 36.2 Å². The van der Waals surface area contributed by atoms with Crippen LogP contribution in [0.25, 0.3) is 16.6 Å². The number of anilines is 1. The van der Waals surface area contributed by atoms with Crippen LogP contribution >= 0.6 is 0 Å². The third-order valence-corrected chi connectivity index (χ3v) is 5.88. The molecule has 3 aliphatic rings. The van der Waals surface area contributed by atoms with Crippen LogP contribution in [0.1, 0.15) is 18.9 Å². The predicted octanol–water partition coefficient (Wildman–Crippen LogP) is 2.48. The van der Waals surface area contributed by atoms with Crippen molar-refractivity contribution in [1.29, 1.82) is 5.26 Å². The summed E-state index contributed by atoms with van der Waals surface area (Å²) >= 11 is 0. The zero-order chi connectivity index (χ0) is 19.3. The Morgan fingerprint density at radius 1 is 1.29 bits per heavy atom. The van der Waals surface area contributed by atoms with Gasteiger partial charge in [-0.15, -0.1) is 0 Å². The number of nitriles is 1. The molecule has 7 nitrogen and oxygen atoms in total. The number of pyridine rings is 2. The maximum absolute atomic E-state index is 9.99. The van der Waals surface area contributed by atoms with Gasteiger partial charge in [0.1, 0.15) is 17.6 Å². The number of hydrogen-bond donors (Lipinski definition) is 1. The van der Waals surface area contributed by atoms with Gasteiger partial charge < -0.3 is 14.7 Å². The average molecular weight is 375 g/mol. The minimum atomic E-state index is -0.142. The number of aliphatic hydroxyl groups excluding tert-OH is 1. The molecule has 3 aromatic rings. The summed E-state index contributed by atoms with van der Waals surface area (Å²) in [7, 11) is 0. The summed E-state index contributed by atoms with van der Waals surface area (Å²) in [5, 5.41) is 23.7. The Labute approximate surface area is 162 Å². The van der Waals surface area contributed by atoms with Crippen LogP contribution in [0.2, 0.25) is 0 Å². The maximum atomic E-state index is 9.99. The van der Waals surface area contributed by atoms with Gasteiger partial charge in [-0.1, -0.05) is 0 Å². The van der Waals surface area contributed by atoms with Gasteiger partial charge in [0.15, 0.2) is 0 Å². The number of piperidine rings is 2. The highest BCUT2D eigenvalue weighted by Crippen LogP contribution is 2.41. The lowest BCUT2D eigenvalue weighted by Gasteiger charge is -2.51. The third-order valence-electron chi connectivity index (χ3n) is 5.88. The molecule has 2 bridgehead atoms. The third kappa shape index (κ3) is 2.60. The Bertz CT molecular complexity index is 1060. The van der Waals surface area contributed by atoms with Crippen molar-refractivity contribution < 1.29 is 9.84 Å². The van der Waals surface area contributed by atoms with Crippen LogP contribution in [0, 0.1) is 23.2 Å². The molecule has 6 rings (SSSR count). The van der Waals surface area contributed by atoms with E-state index in [1.165, 1.54) is 0 Å². The largest absolute Gasteiger partial charge is 0.492 e. The van der Waals surface area contributed by atoms with Crippen LogP contribution in [-0.2, 0) is 0 Å². The van der Waals surface area contributed by atoms with Crippen LogP contribution in [0.4, 0.5) is 5.82 Å². The summed E-state index contributed by atoms with van der Waals surface area (Å²) in [6.07, 6.45) is 6.18. The topological polar surface area (TPSA) is 86.7 Å². The van der Waals surface area contributed by atoms with Crippen molar-refractivity contribution >= 4 is 11.3 Å². The van der Waals surface area contributed by atoms with E-state index in [1.807, 2.05) is 31.3 Å². The number of hydrogen-bond acceptors (Lipinski definition) is 6. The quantitative estimate of drug-likeness (QED) is 0.754. The first-order valence-electron chi connectivity index (χ1n) is 9.61. The van der Waals surface area contributed by atoms with Gasteiger partial charge in [-0.3, -0.25) is 0 Å². The van der Waals surface area contributed by atoms with Gasteiger partial charge in [-0.05, 0) is 31.5 Å². The summed E-state index contributed by atoms with van der Waals surface area (Å²) in [6, 6.07) is 8.19. The van der Waals surface area contributed by atoms with Crippen molar-refractivity contribution in [1.82, 2.24) is 14.6 Å². The highest BCUT2D eigenvalue weighted by atomic mass is 16.5. The van der Waals surface area contributed by atoms with Gasteiger partial charge >= 0.3 is 0 Å². The van der Waals surface area contributed by atoms with Crippen molar-refractivity contribution in [3.8, 4) is 22.9 Å². The first-order chi connectivity index (χ1) is 13.7. The molecule has 2 atom stereocenters. The van der Waals surface area contributed by atoms with Crippen molar-refractivity contribution in [2.45, 2.75) is 19.4 Å². The summed E-state index contributed by atoms with van der Waals surface area (Å²) in [6.45, 7) is 4.20. The predicted molar refractivity (Wildman–Crippen MR) is 104 cm³/mol. The second kappa shape index (κ2) is 6.50. The summed E-state index contributed by atoms with van der Waals surface area (Å²) in [5.41, 5.74) is 3.06. The second-order valence-corrected chi connectivity index (χ2v) is 7.54. The van der Waals surface area contributed by atoms with E-state index >= 15 is 0 Å². The van der Waals surface area contributed by atoms with Gasteiger partial charge in [0.2, 0.25) is 0 Å². The second-order valence-electron chi connectivity index (χ2n) is 7.54. The smallest absolute Gasteiger partial charge is 0.138 e.